The molecule has 0 atom stereocenters. The third-order valence-electron chi connectivity index (χ3n) is 4.81. The molecule has 0 saturated heterocycles. The number of rotatable bonds is 7. The van der Waals surface area contributed by atoms with E-state index in [-0.39, 0.29) is 35.0 Å². The van der Waals surface area contributed by atoms with E-state index < -0.39 is 10.0 Å². The Morgan fingerprint density at radius 1 is 0.875 bits per heavy atom. The minimum atomic E-state index is -3.81. The number of para-hydroxylation sites is 3. The molecule has 4 aromatic rings. The summed E-state index contributed by atoms with van der Waals surface area (Å²) in [5.74, 6) is -0.364. The van der Waals surface area contributed by atoms with E-state index in [1.807, 2.05) is 0 Å². The van der Waals surface area contributed by atoms with Crippen molar-refractivity contribution in [2.75, 3.05) is 10.0 Å². The molecule has 0 bridgehead atoms. The number of carbonyl (C=O) groups excluding carboxylic acids is 1. The van der Waals surface area contributed by atoms with Crippen LogP contribution in [0.3, 0.4) is 0 Å². The number of carbonyl (C=O) groups is 1. The molecule has 0 fully saturated rings. The number of sulfonamides is 1. The summed E-state index contributed by atoms with van der Waals surface area (Å²) in [5.41, 5.74) is 0.937. The van der Waals surface area contributed by atoms with Crippen molar-refractivity contribution in [1.29, 1.82) is 0 Å². The summed E-state index contributed by atoms with van der Waals surface area (Å²) < 4.78 is 29.1. The lowest BCUT2D eigenvalue weighted by molar-refractivity contribution is -0.116. The van der Waals surface area contributed by atoms with Crippen LogP contribution in [0, 0.1) is 0 Å². The summed E-state index contributed by atoms with van der Waals surface area (Å²) in [6.45, 7) is 0.139. The molecule has 3 aromatic carbocycles. The number of amides is 1. The minimum Gasteiger partial charge on any atom is -0.324 e. The van der Waals surface area contributed by atoms with Gasteiger partial charge in [0.15, 0.2) is 0 Å². The van der Waals surface area contributed by atoms with Crippen LogP contribution in [0.4, 0.5) is 11.4 Å². The Morgan fingerprint density at radius 3 is 2.31 bits per heavy atom. The highest BCUT2D eigenvalue weighted by molar-refractivity contribution is 7.92. The Labute approximate surface area is 184 Å². The highest BCUT2D eigenvalue weighted by Gasteiger charge is 2.16. The standard InChI is InChI=1S/C23H20N4O4S/c28-22(14-15-27-16-24-19-11-5-4-10-18(19)23(27)29)25-20-12-6-7-13-21(20)26-32(30,31)17-8-2-1-3-9-17/h1-13,16,26H,14-15H2,(H,25,28). The van der Waals surface area contributed by atoms with Gasteiger partial charge in [-0.15, -0.1) is 0 Å². The first-order chi connectivity index (χ1) is 15.4. The van der Waals surface area contributed by atoms with Crippen LogP contribution >= 0.6 is 0 Å². The van der Waals surface area contributed by atoms with Crippen LogP contribution in [0.25, 0.3) is 10.9 Å². The van der Waals surface area contributed by atoms with Gasteiger partial charge in [-0.2, -0.15) is 0 Å². The topological polar surface area (TPSA) is 110 Å². The van der Waals surface area contributed by atoms with Gasteiger partial charge in [-0.1, -0.05) is 42.5 Å². The minimum absolute atomic E-state index is 0.0136. The Morgan fingerprint density at radius 2 is 1.53 bits per heavy atom. The molecule has 0 aliphatic carbocycles. The van der Waals surface area contributed by atoms with Gasteiger partial charge in [0.1, 0.15) is 0 Å². The molecule has 0 radical (unpaired) electrons. The van der Waals surface area contributed by atoms with E-state index in [1.54, 1.807) is 66.7 Å². The van der Waals surface area contributed by atoms with E-state index >= 15 is 0 Å². The van der Waals surface area contributed by atoms with E-state index in [9.17, 15) is 18.0 Å². The average Bonchev–Trinajstić information content (AvgIpc) is 2.80. The van der Waals surface area contributed by atoms with E-state index in [4.69, 9.17) is 0 Å². The Hall–Kier alpha value is -3.98. The fraction of sp³-hybridized carbons (Fsp3) is 0.0870. The number of hydrogen-bond donors (Lipinski definition) is 2. The van der Waals surface area contributed by atoms with Gasteiger partial charge in [0.2, 0.25) is 5.91 Å². The monoisotopic (exact) mass is 448 g/mol. The number of benzene rings is 3. The molecule has 8 nitrogen and oxygen atoms in total. The largest absolute Gasteiger partial charge is 0.324 e. The Bertz CT molecular complexity index is 1430. The third kappa shape index (κ3) is 4.68. The third-order valence-corrected chi connectivity index (χ3v) is 6.19. The molecular formula is C23H20N4O4S. The van der Waals surface area contributed by atoms with Crippen LogP contribution in [0.1, 0.15) is 6.42 Å². The Balaban J connectivity index is 1.47. The molecular weight excluding hydrogens is 428 g/mol. The first-order valence-corrected chi connectivity index (χ1v) is 11.3. The quantitative estimate of drug-likeness (QED) is 0.451. The van der Waals surface area contributed by atoms with Crippen LogP contribution in [-0.2, 0) is 21.4 Å². The molecule has 32 heavy (non-hydrogen) atoms. The van der Waals surface area contributed by atoms with Crippen LogP contribution in [0.5, 0.6) is 0 Å². The summed E-state index contributed by atoms with van der Waals surface area (Å²) in [7, 11) is -3.81. The van der Waals surface area contributed by atoms with Crippen LogP contribution in [0.2, 0.25) is 0 Å². The van der Waals surface area contributed by atoms with Gasteiger partial charge in [0.05, 0.1) is 33.5 Å². The van der Waals surface area contributed by atoms with Crippen molar-refractivity contribution in [3.05, 3.63) is 95.5 Å². The normalized spacial score (nSPS) is 11.2. The zero-order valence-electron chi connectivity index (χ0n) is 16.9. The molecule has 9 heteroatoms. The molecule has 4 rings (SSSR count). The average molecular weight is 449 g/mol. The number of aryl methyl sites for hydroxylation is 1. The molecule has 1 heterocycles. The van der Waals surface area contributed by atoms with Gasteiger partial charge >= 0.3 is 0 Å². The number of hydrogen-bond acceptors (Lipinski definition) is 5. The summed E-state index contributed by atoms with van der Waals surface area (Å²) in [5, 5.41) is 3.19. The smallest absolute Gasteiger partial charge is 0.261 e. The van der Waals surface area contributed by atoms with E-state index in [0.29, 0.717) is 16.6 Å². The van der Waals surface area contributed by atoms with Gasteiger partial charge in [-0.3, -0.25) is 18.9 Å². The highest BCUT2D eigenvalue weighted by Crippen LogP contribution is 2.24. The second-order valence-electron chi connectivity index (χ2n) is 7.02. The molecule has 2 N–H and O–H groups in total. The van der Waals surface area contributed by atoms with Gasteiger partial charge in [0.25, 0.3) is 15.6 Å². The maximum atomic E-state index is 12.6. The first-order valence-electron chi connectivity index (χ1n) is 9.85. The zero-order chi connectivity index (χ0) is 22.6. The molecule has 0 aliphatic rings. The van der Waals surface area contributed by atoms with Gasteiger partial charge in [0, 0.05) is 13.0 Å². The van der Waals surface area contributed by atoms with Gasteiger partial charge in [-0.05, 0) is 36.4 Å². The van der Waals surface area contributed by atoms with E-state index in [1.165, 1.54) is 23.0 Å². The van der Waals surface area contributed by atoms with Crippen molar-refractivity contribution in [1.82, 2.24) is 9.55 Å². The Kier molecular flexibility index (Phi) is 6.00. The van der Waals surface area contributed by atoms with Crippen molar-refractivity contribution in [2.24, 2.45) is 0 Å². The molecule has 0 saturated carbocycles. The number of anilines is 2. The maximum Gasteiger partial charge on any atom is 0.261 e. The SMILES string of the molecule is O=C(CCn1cnc2ccccc2c1=O)Nc1ccccc1NS(=O)(=O)c1ccccc1. The first kappa shape index (κ1) is 21.3. The number of fused-ring (bicyclic) bond motifs is 1. The van der Waals surface area contributed by atoms with Crippen molar-refractivity contribution in [3.63, 3.8) is 0 Å². The second kappa shape index (κ2) is 9.03. The predicted octanol–water partition coefficient (Wildman–Crippen LogP) is 3.23. The van der Waals surface area contributed by atoms with Crippen LogP contribution < -0.4 is 15.6 Å². The summed E-state index contributed by atoms with van der Waals surface area (Å²) in [6, 6.07) is 21.5. The molecule has 1 aromatic heterocycles. The fourth-order valence-corrected chi connectivity index (χ4v) is 4.29. The van der Waals surface area contributed by atoms with Crippen molar-refractivity contribution in [3.8, 4) is 0 Å². The highest BCUT2D eigenvalue weighted by atomic mass is 32.2. The van der Waals surface area contributed by atoms with Crippen molar-refractivity contribution in [2.45, 2.75) is 17.9 Å². The van der Waals surface area contributed by atoms with Crippen molar-refractivity contribution >= 4 is 38.2 Å². The van der Waals surface area contributed by atoms with Gasteiger partial charge in [-0.25, -0.2) is 13.4 Å². The maximum absolute atomic E-state index is 12.6. The number of nitrogens with zero attached hydrogens (tertiary/aromatic N) is 2. The second-order valence-corrected chi connectivity index (χ2v) is 8.70. The lowest BCUT2D eigenvalue weighted by atomic mass is 10.2. The summed E-state index contributed by atoms with van der Waals surface area (Å²) >= 11 is 0. The molecule has 0 spiro atoms. The predicted molar refractivity (Wildman–Crippen MR) is 123 cm³/mol. The lowest BCUT2D eigenvalue weighted by Gasteiger charge is -2.14. The number of nitrogens with one attached hydrogen (secondary N) is 2. The molecule has 0 unspecified atom stereocenters. The van der Waals surface area contributed by atoms with Gasteiger partial charge < -0.3 is 5.32 Å². The van der Waals surface area contributed by atoms with E-state index in [0.717, 1.165) is 0 Å². The van der Waals surface area contributed by atoms with E-state index in [2.05, 4.69) is 15.0 Å². The molecule has 1 amide bonds. The summed E-state index contributed by atoms with van der Waals surface area (Å²) in [4.78, 5) is 29.4. The van der Waals surface area contributed by atoms with Crippen LogP contribution in [0.15, 0.2) is 94.9 Å². The number of aromatic nitrogens is 2. The van der Waals surface area contributed by atoms with Crippen molar-refractivity contribution < 1.29 is 13.2 Å². The molecule has 0 aliphatic heterocycles. The summed E-state index contributed by atoms with van der Waals surface area (Å²) in [6.07, 6.45) is 1.43. The van der Waals surface area contributed by atoms with Crippen LogP contribution in [-0.4, -0.2) is 23.9 Å². The lowest BCUT2D eigenvalue weighted by Crippen LogP contribution is -2.24. The fourth-order valence-electron chi connectivity index (χ4n) is 3.18. The zero-order valence-corrected chi connectivity index (χ0v) is 17.7. The molecule has 162 valence electrons.